The van der Waals surface area contributed by atoms with Crippen LogP contribution in [0.2, 0.25) is 10.0 Å². The van der Waals surface area contributed by atoms with E-state index in [0.29, 0.717) is 11.0 Å². The molecule has 1 amide bonds. The predicted molar refractivity (Wildman–Crippen MR) is 135 cm³/mol. The van der Waals surface area contributed by atoms with Crippen molar-refractivity contribution in [1.29, 1.82) is 5.26 Å². The SMILES string of the molecule is N#Cc1cc(Cl)cc(Oc2c(Cl)ccc(CNC(=O)c3cc4cc([N+](=O)[O-])ccc4o3)c2F)c1.O=C(O)C(F)(F)F. The Morgan fingerprint density at radius 2 is 1.80 bits per heavy atom. The van der Waals surface area contributed by atoms with E-state index < -0.39 is 28.8 Å². The Hall–Kier alpha value is -4.87. The number of carbonyl (C=O) groups excluding carboxylic acids is 1. The lowest BCUT2D eigenvalue weighted by Crippen LogP contribution is -2.22. The second-order valence-corrected chi connectivity index (χ2v) is 8.66. The molecule has 16 heteroatoms. The van der Waals surface area contributed by atoms with Crippen LogP contribution >= 0.6 is 23.2 Å². The van der Waals surface area contributed by atoms with E-state index in [4.69, 9.17) is 47.5 Å². The van der Waals surface area contributed by atoms with Crippen LogP contribution in [-0.2, 0) is 11.3 Å². The summed E-state index contributed by atoms with van der Waals surface area (Å²) in [5, 5.41) is 30.2. The fourth-order valence-electron chi connectivity index (χ4n) is 3.13. The third-order valence-electron chi connectivity index (χ3n) is 4.97. The first kappa shape index (κ1) is 30.7. The van der Waals surface area contributed by atoms with Crippen LogP contribution in [0.1, 0.15) is 21.7 Å². The van der Waals surface area contributed by atoms with E-state index in [9.17, 15) is 28.1 Å². The molecule has 212 valence electrons. The number of benzene rings is 3. The molecule has 41 heavy (non-hydrogen) atoms. The third-order valence-corrected chi connectivity index (χ3v) is 5.48. The molecule has 0 atom stereocenters. The number of nitrogens with zero attached hydrogens (tertiary/aromatic N) is 2. The molecule has 4 rings (SSSR count). The molecule has 0 bridgehead atoms. The average molecular weight is 614 g/mol. The van der Waals surface area contributed by atoms with Gasteiger partial charge in [0.1, 0.15) is 11.3 Å². The van der Waals surface area contributed by atoms with Gasteiger partial charge in [0, 0.05) is 34.6 Å². The first-order valence-electron chi connectivity index (χ1n) is 10.8. The molecule has 1 heterocycles. The summed E-state index contributed by atoms with van der Waals surface area (Å²) in [7, 11) is 0. The molecule has 0 unspecified atom stereocenters. The average Bonchev–Trinajstić information content (AvgIpc) is 3.33. The van der Waals surface area contributed by atoms with Crippen molar-refractivity contribution in [2.45, 2.75) is 12.7 Å². The van der Waals surface area contributed by atoms with Crippen LogP contribution < -0.4 is 10.1 Å². The molecule has 2 N–H and O–H groups in total. The standard InChI is InChI=1S/C23H12Cl2FN3O5.C2HF3O2/c24-15-5-12(10-27)6-17(9-15)33-22-18(25)3-1-13(21(22)26)11-28-23(30)20-8-14-7-16(29(31)32)2-4-19(14)34-20;3-2(4,5)1(6)7/h1-9H,11H2,(H,28,30);(H,6,7). The molecular weight excluding hydrogens is 601 g/mol. The number of fused-ring (bicyclic) bond motifs is 1. The van der Waals surface area contributed by atoms with E-state index in [1.807, 2.05) is 6.07 Å². The van der Waals surface area contributed by atoms with Gasteiger partial charge in [-0.3, -0.25) is 14.9 Å². The summed E-state index contributed by atoms with van der Waals surface area (Å²) >= 11 is 12.0. The maximum Gasteiger partial charge on any atom is 0.490 e. The highest BCUT2D eigenvalue weighted by molar-refractivity contribution is 6.32. The highest BCUT2D eigenvalue weighted by atomic mass is 35.5. The number of carbonyl (C=O) groups is 2. The number of carboxylic acids is 1. The van der Waals surface area contributed by atoms with Gasteiger partial charge in [-0.25, -0.2) is 9.18 Å². The lowest BCUT2D eigenvalue weighted by molar-refractivity contribution is -0.384. The van der Waals surface area contributed by atoms with Crippen molar-refractivity contribution in [2.24, 2.45) is 0 Å². The number of nitrogens with one attached hydrogen (secondary N) is 1. The van der Waals surface area contributed by atoms with Gasteiger partial charge in [0.2, 0.25) is 0 Å². The zero-order chi connectivity index (χ0) is 30.5. The predicted octanol–water partition coefficient (Wildman–Crippen LogP) is 7.01. The zero-order valence-electron chi connectivity index (χ0n) is 20.0. The van der Waals surface area contributed by atoms with E-state index in [0.717, 1.165) is 0 Å². The Bertz CT molecular complexity index is 1700. The van der Waals surface area contributed by atoms with E-state index in [1.165, 1.54) is 54.6 Å². The van der Waals surface area contributed by atoms with Gasteiger partial charge < -0.3 is 19.6 Å². The first-order chi connectivity index (χ1) is 19.2. The summed E-state index contributed by atoms with van der Waals surface area (Å²) in [6, 6.07) is 14.2. The zero-order valence-corrected chi connectivity index (χ0v) is 21.5. The van der Waals surface area contributed by atoms with Gasteiger partial charge in [-0.15, -0.1) is 0 Å². The molecule has 3 aromatic carbocycles. The summed E-state index contributed by atoms with van der Waals surface area (Å²) in [6.07, 6.45) is -5.08. The number of nitriles is 1. The Kier molecular flexibility index (Phi) is 9.38. The van der Waals surface area contributed by atoms with Crippen LogP contribution in [0.15, 0.2) is 59.0 Å². The minimum atomic E-state index is -5.08. The monoisotopic (exact) mass is 613 g/mol. The van der Waals surface area contributed by atoms with Gasteiger partial charge in [-0.05, 0) is 36.4 Å². The molecule has 0 aliphatic carbocycles. The number of alkyl halides is 3. The minimum absolute atomic E-state index is 0.0232. The highest BCUT2D eigenvalue weighted by Crippen LogP contribution is 2.35. The molecule has 0 aliphatic heterocycles. The van der Waals surface area contributed by atoms with E-state index >= 15 is 4.39 Å². The van der Waals surface area contributed by atoms with Crippen molar-refractivity contribution >= 4 is 51.7 Å². The summed E-state index contributed by atoms with van der Waals surface area (Å²) in [5.41, 5.74) is 0.445. The Morgan fingerprint density at radius 1 is 1.12 bits per heavy atom. The second kappa shape index (κ2) is 12.5. The molecule has 4 aromatic rings. The molecule has 0 fully saturated rings. The number of rotatable bonds is 6. The van der Waals surface area contributed by atoms with Crippen LogP contribution in [-0.4, -0.2) is 28.1 Å². The molecule has 0 saturated heterocycles. The first-order valence-corrected chi connectivity index (χ1v) is 11.6. The molecule has 1 aromatic heterocycles. The summed E-state index contributed by atoms with van der Waals surface area (Å²) in [4.78, 5) is 31.8. The molecule has 0 saturated carbocycles. The summed E-state index contributed by atoms with van der Waals surface area (Å²) in [5.74, 6) is -4.49. The molecule has 0 radical (unpaired) electrons. The fourth-order valence-corrected chi connectivity index (χ4v) is 3.54. The lowest BCUT2D eigenvalue weighted by atomic mass is 10.2. The molecular formula is C25H13Cl2F4N3O7. The number of carboxylic acid groups (broad SMARTS) is 1. The quantitative estimate of drug-likeness (QED) is 0.133. The Morgan fingerprint density at radius 3 is 2.41 bits per heavy atom. The number of nitro benzene ring substituents is 1. The fraction of sp³-hybridized carbons (Fsp3) is 0.0800. The van der Waals surface area contributed by atoms with Gasteiger partial charge in [0.05, 0.1) is 21.6 Å². The van der Waals surface area contributed by atoms with Crippen molar-refractivity contribution in [3.8, 4) is 17.6 Å². The number of hydrogen-bond donors (Lipinski definition) is 2. The van der Waals surface area contributed by atoms with E-state index in [2.05, 4.69) is 5.32 Å². The van der Waals surface area contributed by atoms with Gasteiger partial charge in [0.15, 0.2) is 17.3 Å². The van der Waals surface area contributed by atoms with Gasteiger partial charge in [-0.2, -0.15) is 18.4 Å². The number of halogens is 6. The minimum Gasteiger partial charge on any atom is -0.475 e. The van der Waals surface area contributed by atoms with Gasteiger partial charge in [0.25, 0.3) is 11.6 Å². The molecule has 0 spiro atoms. The summed E-state index contributed by atoms with van der Waals surface area (Å²) in [6.45, 7) is -0.228. The second-order valence-electron chi connectivity index (χ2n) is 7.81. The number of aliphatic carboxylic acids is 1. The van der Waals surface area contributed by atoms with E-state index in [1.54, 1.807) is 0 Å². The van der Waals surface area contributed by atoms with Crippen LogP contribution in [0.25, 0.3) is 11.0 Å². The highest BCUT2D eigenvalue weighted by Gasteiger charge is 2.38. The van der Waals surface area contributed by atoms with Crippen molar-refractivity contribution in [3.63, 3.8) is 0 Å². The largest absolute Gasteiger partial charge is 0.490 e. The van der Waals surface area contributed by atoms with Crippen molar-refractivity contribution in [3.05, 3.63) is 97.5 Å². The topological polar surface area (TPSA) is 156 Å². The maximum atomic E-state index is 15.1. The number of ether oxygens (including phenoxy) is 1. The van der Waals surface area contributed by atoms with Crippen molar-refractivity contribution in [1.82, 2.24) is 5.32 Å². The number of nitro groups is 1. The molecule has 0 aliphatic rings. The lowest BCUT2D eigenvalue weighted by Gasteiger charge is -2.13. The van der Waals surface area contributed by atoms with E-state index in [-0.39, 0.29) is 50.7 Å². The Labute approximate surface area is 236 Å². The normalized spacial score (nSPS) is 10.8. The number of non-ortho nitro benzene ring substituents is 1. The van der Waals surface area contributed by atoms with Crippen LogP contribution in [0.4, 0.5) is 23.2 Å². The van der Waals surface area contributed by atoms with Crippen molar-refractivity contribution in [2.75, 3.05) is 0 Å². The van der Waals surface area contributed by atoms with Crippen LogP contribution in [0, 0.1) is 27.3 Å². The van der Waals surface area contributed by atoms with Crippen molar-refractivity contribution < 1.29 is 46.3 Å². The molecule has 10 nitrogen and oxygen atoms in total. The number of furan rings is 1. The number of hydrogen-bond acceptors (Lipinski definition) is 7. The van der Waals surface area contributed by atoms with Crippen LogP contribution in [0.5, 0.6) is 11.5 Å². The number of amides is 1. The summed E-state index contributed by atoms with van der Waals surface area (Å²) < 4.78 is 57.8. The van der Waals surface area contributed by atoms with Gasteiger partial charge >= 0.3 is 12.1 Å². The van der Waals surface area contributed by atoms with Crippen LogP contribution in [0.3, 0.4) is 0 Å². The Balaban J connectivity index is 0.000000587. The third kappa shape index (κ3) is 7.84. The smallest absolute Gasteiger partial charge is 0.475 e. The van der Waals surface area contributed by atoms with Gasteiger partial charge in [-0.1, -0.05) is 29.3 Å². The maximum absolute atomic E-state index is 15.1.